The fraction of sp³-hybridized carbons (Fsp3) is 0.333. The van der Waals surface area contributed by atoms with E-state index in [4.69, 9.17) is 0 Å². The number of nitro benzene ring substituents is 1. The van der Waals surface area contributed by atoms with Gasteiger partial charge in [-0.3, -0.25) is 19.7 Å². The second-order valence-electron chi connectivity index (χ2n) is 7.42. The molecule has 2 aromatic rings. The molecule has 2 aliphatic carbocycles. The maximum atomic E-state index is 12.9. The monoisotopic (exact) mass is 379 g/mol. The van der Waals surface area contributed by atoms with Gasteiger partial charge in [-0.1, -0.05) is 18.2 Å². The molecule has 0 bridgehead atoms. The lowest BCUT2D eigenvalue weighted by molar-refractivity contribution is -0.384. The smallest absolute Gasteiger partial charge is 0.270 e. The van der Waals surface area contributed by atoms with E-state index in [1.807, 2.05) is 12.1 Å². The van der Waals surface area contributed by atoms with Gasteiger partial charge in [0.25, 0.3) is 17.5 Å². The predicted molar refractivity (Wildman–Crippen MR) is 103 cm³/mol. The van der Waals surface area contributed by atoms with Crippen molar-refractivity contribution < 1.29 is 14.5 Å². The Morgan fingerprint density at radius 2 is 1.75 bits per heavy atom. The average molecular weight is 379 g/mol. The number of amides is 2. The van der Waals surface area contributed by atoms with E-state index in [9.17, 15) is 19.7 Å². The minimum absolute atomic E-state index is 0.0687. The summed E-state index contributed by atoms with van der Waals surface area (Å²) in [5.41, 5.74) is 1.77. The number of carbonyl (C=O) groups excluding carboxylic acids is 2. The third-order valence-electron chi connectivity index (χ3n) is 5.03. The van der Waals surface area contributed by atoms with Gasteiger partial charge < -0.3 is 10.2 Å². The summed E-state index contributed by atoms with van der Waals surface area (Å²) in [5, 5.41) is 13.9. The number of carbonyl (C=O) groups is 2. The van der Waals surface area contributed by atoms with Gasteiger partial charge in [0.1, 0.15) is 0 Å². The summed E-state index contributed by atoms with van der Waals surface area (Å²) in [6, 6.07) is 13.6. The molecule has 2 aromatic carbocycles. The number of benzene rings is 2. The lowest BCUT2D eigenvalue weighted by Gasteiger charge is -2.23. The molecule has 0 radical (unpaired) electrons. The number of hydrogen-bond donors (Lipinski definition) is 1. The Balaban J connectivity index is 1.47. The number of hydrogen-bond acceptors (Lipinski definition) is 4. The zero-order valence-corrected chi connectivity index (χ0v) is 15.3. The van der Waals surface area contributed by atoms with E-state index in [0.717, 1.165) is 31.2 Å². The molecule has 0 atom stereocenters. The van der Waals surface area contributed by atoms with Crippen molar-refractivity contribution in [2.24, 2.45) is 0 Å². The first kappa shape index (κ1) is 18.2. The zero-order chi connectivity index (χ0) is 19.7. The average Bonchev–Trinajstić information content (AvgIpc) is 3.61. The lowest BCUT2D eigenvalue weighted by atomic mass is 10.1. The standard InChI is InChI=1S/C21H21N3O4/c25-20(22-17-8-9-17)15-6-4-14(5-7-15)13-23(18-10-11-18)21(26)16-2-1-3-19(12-16)24(27)28/h1-7,12,17-18H,8-11,13H2,(H,22,25). The number of non-ortho nitro benzene ring substituents is 1. The molecule has 0 heterocycles. The van der Waals surface area contributed by atoms with Crippen molar-refractivity contribution in [3.63, 3.8) is 0 Å². The number of nitrogens with one attached hydrogen (secondary N) is 1. The third-order valence-corrected chi connectivity index (χ3v) is 5.03. The highest BCUT2D eigenvalue weighted by molar-refractivity contribution is 5.95. The number of nitrogens with zero attached hydrogens (tertiary/aromatic N) is 2. The lowest BCUT2D eigenvalue weighted by Crippen LogP contribution is -2.32. The summed E-state index contributed by atoms with van der Waals surface area (Å²) < 4.78 is 0. The van der Waals surface area contributed by atoms with Crippen LogP contribution in [-0.4, -0.2) is 33.7 Å². The van der Waals surface area contributed by atoms with Crippen LogP contribution in [0.25, 0.3) is 0 Å². The van der Waals surface area contributed by atoms with Crippen LogP contribution in [0.2, 0.25) is 0 Å². The second-order valence-corrected chi connectivity index (χ2v) is 7.42. The van der Waals surface area contributed by atoms with E-state index in [-0.39, 0.29) is 23.5 Å². The summed E-state index contributed by atoms with van der Waals surface area (Å²) in [7, 11) is 0. The Hall–Kier alpha value is -3.22. The minimum atomic E-state index is -0.496. The Morgan fingerprint density at radius 3 is 2.36 bits per heavy atom. The molecule has 4 rings (SSSR count). The first-order valence-corrected chi connectivity index (χ1v) is 9.46. The summed E-state index contributed by atoms with van der Waals surface area (Å²) in [6.45, 7) is 0.413. The van der Waals surface area contributed by atoms with Crippen LogP contribution >= 0.6 is 0 Å². The fourth-order valence-electron chi connectivity index (χ4n) is 3.13. The molecule has 7 heteroatoms. The van der Waals surface area contributed by atoms with Gasteiger partial charge in [-0.15, -0.1) is 0 Å². The topological polar surface area (TPSA) is 92.6 Å². The first-order valence-electron chi connectivity index (χ1n) is 9.46. The predicted octanol–water partition coefficient (Wildman–Crippen LogP) is 3.29. The molecule has 2 aliphatic rings. The maximum absolute atomic E-state index is 12.9. The largest absolute Gasteiger partial charge is 0.349 e. The van der Waals surface area contributed by atoms with Crippen molar-refractivity contribution in [1.29, 1.82) is 0 Å². The molecule has 2 amide bonds. The normalized spacial score (nSPS) is 15.7. The van der Waals surface area contributed by atoms with Crippen molar-refractivity contribution in [3.05, 3.63) is 75.3 Å². The molecule has 2 saturated carbocycles. The van der Waals surface area contributed by atoms with Gasteiger partial charge in [0.15, 0.2) is 0 Å². The van der Waals surface area contributed by atoms with E-state index < -0.39 is 4.92 Å². The molecule has 28 heavy (non-hydrogen) atoms. The molecule has 7 nitrogen and oxygen atoms in total. The number of nitro groups is 1. The van der Waals surface area contributed by atoms with E-state index >= 15 is 0 Å². The highest BCUT2D eigenvalue weighted by Gasteiger charge is 2.33. The van der Waals surface area contributed by atoms with Gasteiger partial charge in [-0.05, 0) is 49.4 Å². The molecule has 144 valence electrons. The van der Waals surface area contributed by atoms with Crippen LogP contribution in [0.1, 0.15) is 52.0 Å². The van der Waals surface area contributed by atoms with Crippen molar-refractivity contribution >= 4 is 17.5 Å². The van der Waals surface area contributed by atoms with E-state index in [1.165, 1.54) is 18.2 Å². The first-order chi connectivity index (χ1) is 13.5. The maximum Gasteiger partial charge on any atom is 0.270 e. The highest BCUT2D eigenvalue weighted by atomic mass is 16.6. The van der Waals surface area contributed by atoms with Crippen molar-refractivity contribution in [1.82, 2.24) is 10.2 Å². The van der Waals surface area contributed by atoms with Crippen molar-refractivity contribution in [2.75, 3.05) is 0 Å². The van der Waals surface area contributed by atoms with Crippen molar-refractivity contribution in [3.8, 4) is 0 Å². The zero-order valence-electron chi connectivity index (χ0n) is 15.3. The molecule has 0 aliphatic heterocycles. The third kappa shape index (κ3) is 4.19. The summed E-state index contributed by atoms with van der Waals surface area (Å²) in [5.74, 6) is -0.275. The van der Waals surface area contributed by atoms with Crippen LogP contribution in [0, 0.1) is 10.1 Å². The van der Waals surface area contributed by atoms with Crippen LogP contribution in [-0.2, 0) is 6.54 Å². The Bertz CT molecular complexity index is 918. The summed E-state index contributed by atoms with van der Waals surface area (Å²) in [4.78, 5) is 37.3. The quantitative estimate of drug-likeness (QED) is 0.590. The van der Waals surface area contributed by atoms with Crippen molar-refractivity contribution in [2.45, 2.75) is 44.3 Å². The van der Waals surface area contributed by atoms with Crippen LogP contribution in [0.3, 0.4) is 0 Å². The van der Waals surface area contributed by atoms with E-state index in [0.29, 0.717) is 23.7 Å². The molecular weight excluding hydrogens is 358 g/mol. The van der Waals surface area contributed by atoms with Crippen LogP contribution in [0.5, 0.6) is 0 Å². The Labute approximate surface area is 162 Å². The van der Waals surface area contributed by atoms with Gasteiger partial charge >= 0.3 is 0 Å². The SMILES string of the molecule is O=C(NC1CC1)c1ccc(CN(C(=O)c2cccc([N+](=O)[O-])c2)C2CC2)cc1. The van der Waals surface area contributed by atoms with Crippen LogP contribution in [0.15, 0.2) is 48.5 Å². The molecular formula is C21H21N3O4. The molecule has 0 spiro atoms. The fourth-order valence-corrected chi connectivity index (χ4v) is 3.13. The van der Waals surface area contributed by atoms with Crippen LogP contribution < -0.4 is 5.32 Å². The van der Waals surface area contributed by atoms with Gasteiger partial charge in [-0.2, -0.15) is 0 Å². The Morgan fingerprint density at radius 1 is 1.04 bits per heavy atom. The van der Waals surface area contributed by atoms with Crippen LogP contribution in [0.4, 0.5) is 5.69 Å². The molecule has 0 aromatic heterocycles. The van der Waals surface area contributed by atoms with Gasteiger partial charge in [0.05, 0.1) is 4.92 Å². The Kier molecular flexibility index (Phi) is 4.81. The molecule has 0 unspecified atom stereocenters. The van der Waals surface area contributed by atoms with Gasteiger partial charge in [0.2, 0.25) is 0 Å². The minimum Gasteiger partial charge on any atom is -0.349 e. The number of rotatable bonds is 7. The van der Waals surface area contributed by atoms with Gasteiger partial charge in [-0.25, -0.2) is 0 Å². The summed E-state index contributed by atoms with van der Waals surface area (Å²) >= 11 is 0. The molecule has 1 N–H and O–H groups in total. The molecule has 0 saturated heterocycles. The van der Waals surface area contributed by atoms with Gasteiger partial charge in [0, 0.05) is 41.9 Å². The van der Waals surface area contributed by atoms with E-state index in [2.05, 4.69) is 5.32 Å². The summed E-state index contributed by atoms with van der Waals surface area (Å²) in [6.07, 6.45) is 3.95. The highest BCUT2D eigenvalue weighted by Crippen LogP contribution is 2.30. The van der Waals surface area contributed by atoms with E-state index in [1.54, 1.807) is 23.1 Å². The molecule has 2 fully saturated rings. The second kappa shape index (κ2) is 7.42.